The lowest BCUT2D eigenvalue weighted by Gasteiger charge is -2.10. The minimum absolute atomic E-state index is 0.175. The maximum Gasteiger partial charge on any atom is 0.132 e. The second-order valence-corrected chi connectivity index (χ2v) is 5.48. The zero-order valence-corrected chi connectivity index (χ0v) is 11.9. The van der Waals surface area contributed by atoms with Gasteiger partial charge in [-0.05, 0) is 37.3 Å². The molecule has 0 saturated heterocycles. The lowest BCUT2D eigenvalue weighted by atomic mass is 10.2. The zero-order valence-electron chi connectivity index (χ0n) is 10.3. The number of imidazole rings is 1. The summed E-state index contributed by atoms with van der Waals surface area (Å²) in [4.78, 5) is 4.60. The second kappa shape index (κ2) is 4.87. The summed E-state index contributed by atoms with van der Waals surface area (Å²) in [5.74, 6) is 0.824. The summed E-state index contributed by atoms with van der Waals surface area (Å²) in [7, 11) is 0. The van der Waals surface area contributed by atoms with Crippen LogP contribution in [0.2, 0.25) is 5.02 Å². The molecule has 0 N–H and O–H groups in total. The molecule has 1 atom stereocenters. The number of benzene rings is 2. The van der Waals surface area contributed by atoms with E-state index in [1.807, 2.05) is 55.5 Å². The fourth-order valence-corrected chi connectivity index (χ4v) is 2.50. The van der Waals surface area contributed by atoms with E-state index < -0.39 is 0 Å². The van der Waals surface area contributed by atoms with Crippen LogP contribution in [-0.4, -0.2) is 9.55 Å². The third-order valence-electron chi connectivity index (χ3n) is 3.01. The summed E-state index contributed by atoms with van der Waals surface area (Å²) in [6.45, 7) is 1.92. The third-order valence-corrected chi connectivity index (χ3v) is 3.44. The van der Waals surface area contributed by atoms with Crippen LogP contribution in [0, 0.1) is 0 Å². The SMILES string of the molecule is CC(Cl)c1nc2cc(Cl)ccc2n1-c1ccccc1. The average molecular weight is 291 g/mol. The van der Waals surface area contributed by atoms with Crippen LogP contribution in [0.4, 0.5) is 0 Å². The summed E-state index contributed by atoms with van der Waals surface area (Å²) in [5.41, 5.74) is 2.92. The summed E-state index contributed by atoms with van der Waals surface area (Å²) < 4.78 is 2.07. The molecule has 1 heterocycles. The normalized spacial score (nSPS) is 12.8. The van der Waals surface area contributed by atoms with Gasteiger partial charge >= 0.3 is 0 Å². The van der Waals surface area contributed by atoms with Crippen molar-refractivity contribution in [2.75, 3.05) is 0 Å². The van der Waals surface area contributed by atoms with E-state index in [0.717, 1.165) is 22.5 Å². The molecule has 96 valence electrons. The van der Waals surface area contributed by atoms with E-state index in [1.54, 1.807) is 0 Å². The Balaban J connectivity index is 2.35. The Kier molecular flexibility index (Phi) is 3.21. The van der Waals surface area contributed by atoms with E-state index in [0.29, 0.717) is 5.02 Å². The first-order valence-electron chi connectivity index (χ1n) is 6.04. The number of alkyl halides is 1. The molecule has 2 aromatic carbocycles. The smallest absolute Gasteiger partial charge is 0.132 e. The van der Waals surface area contributed by atoms with E-state index in [1.165, 1.54) is 0 Å². The van der Waals surface area contributed by atoms with Crippen molar-refractivity contribution in [3.63, 3.8) is 0 Å². The lowest BCUT2D eigenvalue weighted by Crippen LogP contribution is -2.01. The monoisotopic (exact) mass is 290 g/mol. The fraction of sp³-hybridized carbons (Fsp3) is 0.133. The molecule has 3 aromatic rings. The number of fused-ring (bicyclic) bond motifs is 1. The van der Waals surface area contributed by atoms with Crippen LogP contribution in [0.25, 0.3) is 16.7 Å². The van der Waals surface area contributed by atoms with Crippen molar-refractivity contribution in [2.45, 2.75) is 12.3 Å². The number of para-hydroxylation sites is 1. The van der Waals surface area contributed by atoms with Gasteiger partial charge in [-0.3, -0.25) is 4.57 Å². The second-order valence-electron chi connectivity index (χ2n) is 4.39. The molecule has 0 radical (unpaired) electrons. The van der Waals surface area contributed by atoms with Crippen molar-refractivity contribution in [1.29, 1.82) is 0 Å². The molecule has 0 fully saturated rings. The Morgan fingerprint density at radius 3 is 2.53 bits per heavy atom. The largest absolute Gasteiger partial charge is 0.295 e. The first-order valence-corrected chi connectivity index (χ1v) is 6.85. The van der Waals surface area contributed by atoms with Gasteiger partial charge in [0.15, 0.2) is 0 Å². The molecule has 0 saturated carbocycles. The zero-order chi connectivity index (χ0) is 13.4. The van der Waals surface area contributed by atoms with Gasteiger partial charge in [-0.2, -0.15) is 0 Å². The van der Waals surface area contributed by atoms with Gasteiger partial charge in [0.2, 0.25) is 0 Å². The van der Waals surface area contributed by atoms with Gasteiger partial charge in [0, 0.05) is 10.7 Å². The summed E-state index contributed by atoms with van der Waals surface area (Å²) in [6.07, 6.45) is 0. The number of hydrogen-bond donors (Lipinski definition) is 0. The average Bonchev–Trinajstić information content (AvgIpc) is 2.78. The molecule has 3 rings (SSSR count). The first-order chi connectivity index (χ1) is 9.16. The van der Waals surface area contributed by atoms with Crippen molar-refractivity contribution in [3.8, 4) is 5.69 Å². The van der Waals surface area contributed by atoms with E-state index in [9.17, 15) is 0 Å². The number of rotatable bonds is 2. The number of halogens is 2. The standard InChI is InChI=1S/C15H12Cl2N2/c1-10(16)15-18-13-9-11(17)7-8-14(13)19(15)12-5-3-2-4-6-12/h2-10H,1H3. The van der Waals surface area contributed by atoms with E-state index in [4.69, 9.17) is 23.2 Å². The highest BCUT2D eigenvalue weighted by Gasteiger charge is 2.16. The molecule has 0 bridgehead atoms. The lowest BCUT2D eigenvalue weighted by molar-refractivity contribution is 0.882. The maximum absolute atomic E-state index is 6.25. The predicted octanol–water partition coefficient (Wildman–Crippen LogP) is 4.98. The highest BCUT2D eigenvalue weighted by molar-refractivity contribution is 6.31. The van der Waals surface area contributed by atoms with Crippen LogP contribution in [0.3, 0.4) is 0 Å². The minimum atomic E-state index is -0.175. The van der Waals surface area contributed by atoms with E-state index in [-0.39, 0.29) is 5.38 Å². The Morgan fingerprint density at radius 2 is 1.84 bits per heavy atom. The third kappa shape index (κ3) is 2.22. The van der Waals surface area contributed by atoms with Crippen LogP contribution >= 0.6 is 23.2 Å². The Hall–Kier alpha value is -1.51. The van der Waals surface area contributed by atoms with Crippen molar-refractivity contribution >= 4 is 34.2 Å². The first kappa shape index (κ1) is 12.5. The van der Waals surface area contributed by atoms with Crippen LogP contribution in [0.15, 0.2) is 48.5 Å². The predicted molar refractivity (Wildman–Crippen MR) is 80.3 cm³/mol. The van der Waals surface area contributed by atoms with Crippen LogP contribution in [0.1, 0.15) is 18.1 Å². The van der Waals surface area contributed by atoms with E-state index >= 15 is 0 Å². The molecule has 0 spiro atoms. The topological polar surface area (TPSA) is 17.8 Å². The van der Waals surface area contributed by atoms with Gasteiger partial charge in [0.1, 0.15) is 5.82 Å². The Labute approximate surface area is 121 Å². The van der Waals surface area contributed by atoms with Gasteiger partial charge < -0.3 is 0 Å². The molecule has 2 nitrogen and oxygen atoms in total. The molecule has 0 aliphatic heterocycles. The molecular weight excluding hydrogens is 279 g/mol. The van der Waals surface area contributed by atoms with Crippen molar-refractivity contribution in [3.05, 3.63) is 59.4 Å². The van der Waals surface area contributed by atoms with Gasteiger partial charge in [0.05, 0.1) is 16.4 Å². The molecule has 4 heteroatoms. The van der Waals surface area contributed by atoms with Crippen molar-refractivity contribution in [1.82, 2.24) is 9.55 Å². The number of hydrogen-bond acceptors (Lipinski definition) is 1. The number of nitrogens with zero attached hydrogens (tertiary/aromatic N) is 2. The van der Waals surface area contributed by atoms with E-state index in [2.05, 4.69) is 9.55 Å². The molecule has 0 aliphatic carbocycles. The molecule has 19 heavy (non-hydrogen) atoms. The quantitative estimate of drug-likeness (QED) is 0.609. The molecular formula is C15H12Cl2N2. The van der Waals surface area contributed by atoms with Gasteiger partial charge in [-0.15, -0.1) is 11.6 Å². The molecule has 1 unspecified atom stereocenters. The number of aromatic nitrogens is 2. The van der Waals surface area contributed by atoms with Crippen LogP contribution in [-0.2, 0) is 0 Å². The molecule has 0 aliphatic rings. The fourth-order valence-electron chi connectivity index (χ4n) is 2.19. The Morgan fingerprint density at radius 1 is 1.11 bits per heavy atom. The van der Waals surface area contributed by atoms with Crippen molar-refractivity contribution < 1.29 is 0 Å². The van der Waals surface area contributed by atoms with Gasteiger partial charge in [-0.25, -0.2) is 4.98 Å². The Bertz CT molecular complexity index is 718. The highest BCUT2D eigenvalue weighted by atomic mass is 35.5. The van der Waals surface area contributed by atoms with Gasteiger partial charge in [-0.1, -0.05) is 29.8 Å². The highest BCUT2D eigenvalue weighted by Crippen LogP contribution is 2.29. The van der Waals surface area contributed by atoms with Crippen molar-refractivity contribution in [2.24, 2.45) is 0 Å². The molecule has 1 aromatic heterocycles. The molecule has 0 amide bonds. The van der Waals surface area contributed by atoms with Gasteiger partial charge in [0.25, 0.3) is 0 Å². The summed E-state index contributed by atoms with van der Waals surface area (Å²) in [6, 6.07) is 15.8. The van der Waals surface area contributed by atoms with Crippen LogP contribution in [0.5, 0.6) is 0 Å². The summed E-state index contributed by atoms with van der Waals surface area (Å²) >= 11 is 12.3. The minimum Gasteiger partial charge on any atom is -0.295 e. The summed E-state index contributed by atoms with van der Waals surface area (Å²) in [5, 5.41) is 0.505. The van der Waals surface area contributed by atoms with Crippen LogP contribution < -0.4 is 0 Å². The maximum atomic E-state index is 6.25.